The van der Waals surface area contributed by atoms with E-state index in [4.69, 9.17) is 9.15 Å². The normalized spacial score (nSPS) is 18.2. The number of pyridine rings is 1. The number of aryl methyl sites for hydroxylation is 1. The summed E-state index contributed by atoms with van der Waals surface area (Å²) < 4.78 is 12.7. The Kier molecular flexibility index (Phi) is 8.37. The number of piperidine rings is 1. The molecular weight excluding hydrogens is 542 g/mol. The van der Waals surface area contributed by atoms with Crippen LogP contribution in [0.5, 0.6) is 17.2 Å². The van der Waals surface area contributed by atoms with Crippen LogP contribution in [0.15, 0.2) is 56.5 Å². The highest BCUT2D eigenvalue weighted by Crippen LogP contribution is 2.37. The van der Waals surface area contributed by atoms with Crippen LogP contribution in [0, 0.1) is 12.8 Å². The number of fused-ring (bicyclic) bond motifs is 4. The summed E-state index contributed by atoms with van der Waals surface area (Å²) in [7, 11) is 1.39. The van der Waals surface area contributed by atoms with Crippen molar-refractivity contribution in [2.24, 2.45) is 5.92 Å². The Hall–Kier alpha value is -4.54. The van der Waals surface area contributed by atoms with E-state index in [-0.39, 0.29) is 71.6 Å². The predicted molar refractivity (Wildman–Crippen MR) is 153 cm³/mol. The van der Waals surface area contributed by atoms with Crippen LogP contribution >= 0.6 is 0 Å². The zero-order valence-electron chi connectivity index (χ0n) is 23.7. The third-order valence-electron chi connectivity index (χ3n) is 8.11. The Morgan fingerprint density at radius 1 is 1.12 bits per heavy atom. The molecule has 3 aromatic rings. The number of phenolic OH excluding ortho intramolecular Hbond substituents is 1. The number of phenols is 1. The highest BCUT2D eigenvalue weighted by Gasteiger charge is 2.36. The molecule has 0 unspecified atom stereocenters. The minimum Gasteiger partial charge on any atom is -0.504 e. The van der Waals surface area contributed by atoms with E-state index in [0.717, 1.165) is 12.1 Å². The zero-order chi connectivity index (χ0) is 30.0. The predicted octanol–water partition coefficient (Wildman–Crippen LogP) is 2.59. The van der Waals surface area contributed by atoms with Gasteiger partial charge in [0.1, 0.15) is 5.76 Å². The maximum Gasteiger partial charge on any atom is 0.250 e. The number of ether oxygens (including phenoxy) is 1. The molecule has 2 bridgehead atoms. The third kappa shape index (κ3) is 6.05. The fourth-order valence-corrected chi connectivity index (χ4v) is 6.12. The summed E-state index contributed by atoms with van der Waals surface area (Å²) in [6, 6.07) is 11.0. The van der Waals surface area contributed by atoms with Gasteiger partial charge in [-0.1, -0.05) is 12.1 Å². The van der Waals surface area contributed by atoms with Gasteiger partial charge in [-0.15, -0.1) is 0 Å². The lowest BCUT2D eigenvalue weighted by Crippen LogP contribution is -2.49. The van der Waals surface area contributed by atoms with Crippen LogP contribution < -0.4 is 21.0 Å². The maximum atomic E-state index is 13.0. The van der Waals surface area contributed by atoms with Crippen molar-refractivity contribution < 1.29 is 29.0 Å². The molecule has 0 aliphatic carbocycles. The molecule has 2 aliphatic heterocycles. The van der Waals surface area contributed by atoms with Gasteiger partial charge in [0.25, 0.3) is 5.56 Å². The largest absolute Gasteiger partial charge is 0.504 e. The number of aromatic nitrogens is 1. The molecule has 2 aromatic heterocycles. The van der Waals surface area contributed by atoms with Crippen LogP contribution in [0.1, 0.15) is 60.3 Å². The van der Waals surface area contributed by atoms with Gasteiger partial charge in [0.15, 0.2) is 17.3 Å². The molecule has 1 aromatic carbocycles. The molecule has 2 aliphatic rings. The van der Waals surface area contributed by atoms with Gasteiger partial charge >= 0.3 is 0 Å². The molecule has 3 atom stereocenters. The number of hydrogen-bond donors (Lipinski definition) is 3. The van der Waals surface area contributed by atoms with Gasteiger partial charge in [-0.2, -0.15) is 0 Å². The van der Waals surface area contributed by atoms with Gasteiger partial charge < -0.3 is 34.2 Å². The SMILES string of the molecule is COc1cc([C@@H](CC(=O)NCCCC(=O)N2C[C@H]3C[C@@H](C2)c2cccc(=O)n2C3)c2oc(C)cc(=O)c2O)ccc1O. The van der Waals surface area contributed by atoms with E-state index in [1.54, 1.807) is 25.1 Å². The number of carbonyl (C=O) groups is 2. The summed E-state index contributed by atoms with van der Waals surface area (Å²) in [5, 5.41) is 23.3. The lowest BCUT2D eigenvalue weighted by molar-refractivity contribution is -0.134. The summed E-state index contributed by atoms with van der Waals surface area (Å²) in [5.74, 6) is -1.09. The highest BCUT2D eigenvalue weighted by molar-refractivity contribution is 5.78. The van der Waals surface area contributed by atoms with Gasteiger partial charge in [0.05, 0.1) is 13.0 Å². The van der Waals surface area contributed by atoms with Crippen LogP contribution in [0.25, 0.3) is 0 Å². The van der Waals surface area contributed by atoms with Crippen molar-refractivity contribution >= 4 is 11.8 Å². The quantitative estimate of drug-likeness (QED) is 0.328. The molecule has 4 heterocycles. The van der Waals surface area contributed by atoms with E-state index >= 15 is 0 Å². The molecule has 11 heteroatoms. The number of amides is 2. The van der Waals surface area contributed by atoms with E-state index in [0.29, 0.717) is 31.6 Å². The van der Waals surface area contributed by atoms with Gasteiger partial charge in [0.2, 0.25) is 23.0 Å². The van der Waals surface area contributed by atoms with Crippen LogP contribution in [-0.2, 0) is 16.1 Å². The Morgan fingerprint density at radius 2 is 1.93 bits per heavy atom. The minimum absolute atomic E-state index is 0.00394. The zero-order valence-corrected chi connectivity index (χ0v) is 23.7. The van der Waals surface area contributed by atoms with Crippen LogP contribution in [0.2, 0.25) is 0 Å². The average Bonchev–Trinajstić information content (AvgIpc) is 2.97. The highest BCUT2D eigenvalue weighted by atomic mass is 16.5. The van der Waals surface area contributed by atoms with Crippen molar-refractivity contribution in [2.75, 3.05) is 26.7 Å². The minimum atomic E-state index is -0.836. The molecule has 11 nitrogen and oxygen atoms in total. The lowest BCUT2D eigenvalue weighted by atomic mass is 9.83. The fourth-order valence-electron chi connectivity index (χ4n) is 6.12. The number of rotatable bonds is 9. The van der Waals surface area contributed by atoms with E-state index in [9.17, 15) is 29.4 Å². The molecule has 3 N–H and O–H groups in total. The molecular formula is C31H35N3O8. The van der Waals surface area contributed by atoms with Crippen molar-refractivity contribution in [3.05, 3.63) is 85.8 Å². The van der Waals surface area contributed by atoms with Gasteiger partial charge in [-0.25, -0.2) is 0 Å². The molecule has 0 spiro atoms. The van der Waals surface area contributed by atoms with Crippen molar-refractivity contribution in [2.45, 2.75) is 51.0 Å². The monoisotopic (exact) mass is 577 g/mol. The number of nitrogens with one attached hydrogen (secondary N) is 1. The molecule has 0 radical (unpaired) electrons. The Morgan fingerprint density at radius 3 is 2.71 bits per heavy atom. The second-order valence-corrected chi connectivity index (χ2v) is 11.1. The molecule has 42 heavy (non-hydrogen) atoms. The number of benzene rings is 1. The number of hydrogen-bond acceptors (Lipinski definition) is 8. The average molecular weight is 578 g/mol. The Bertz CT molecular complexity index is 1610. The fraction of sp³-hybridized carbons (Fsp3) is 0.419. The summed E-state index contributed by atoms with van der Waals surface area (Å²) in [4.78, 5) is 52.5. The molecule has 0 saturated carbocycles. The molecule has 222 valence electrons. The number of nitrogens with zero attached hydrogens (tertiary/aromatic N) is 2. The standard InChI is InChI=1S/C31H35N3O8/c1-18-11-25(36)30(40)31(42-18)22(20-8-9-24(35)26(13-20)41-2)14-27(37)32-10-4-7-28(38)33-15-19-12-21(17-33)23-5-3-6-29(39)34(23)16-19/h3,5-6,8-9,11,13,19,21-22,35,40H,4,7,10,12,14-17H2,1-2H3,(H,32,37)/t19-,21+,22-/m1/s1. The topological polar surface area (TPSA) is 151 Å². The first kappa shape index (κ1) is 29.0. The van der Waals surface area contributed by atoms with Crippen LogP contribution in [0.3, 0.4) is 0 Å². The van der Waals surface area contributed by atoms with Crippen molar-refractivity contribution in [3.8, 4) is 17.2 Å². The molecule has 1 saturated heterocycles. The van der Waals surface area contributed by atoms with Gasteiger partial charge in [-0.3, -0.25) is 19.2 Å². The van der Waals surface area contributed by atoms with E-state index in [2.05, 4.69) is 5.32 Å². The lowest BCUT2D eigenvalue weighted by Gasteiger charge is -2.42. The van der Waals surface area contributed by atoms with Crippen molar-refractivity contribution in [1.29, 1.82) is 0 Å². The number of methoxy groups -OCH3 is 1. The summed E-state index contributed by atoms with van der Waals surface area (Å²) >= 11 is 0. The van der Waals surface area contributed by atoms with Crippen molar-refractivity contribution in [3.63, 3.8) is 0 Å². The Labute approximate surface area is 242 Å². The molecule has 1 fully saturated rings. The van der Waals surface area contributed by atoms with Crippen molar-refractivity contribution in [1.82, 2.24) is 14.8 Å². The summed E-state index contributed by atoms with van der Waals surface area (Å²) in [5.41, 5.74) is 0.864. The second-order valence-electron chi connectivity index (χ2n) is 11.1. The molecule has 2 amide bonds. The van der Waals surface area contributed by atoms with E-state index < -0.39 is 17.1 Å². The number of likely N-dealkylation sites (tertiary alicyclic amines) is 1. The van der Waals surface area contributed by atoms with Crippen LogP contribution in [0.4, 0.5) is 0 Å². The first-order valence-corrected chi connectivity index (χ1v) is 14.1. The third-order valence-corrected chi connectivity index (χ3v) is 8.11. The van der Waals surface area contributed by atoms with E-state index in [1.807, 2.05) is 15.5 Å². The van der Waals surface area contributed by atoms with E-state index in [1.165, 1.54) is 25.3 Å². The smallest absolute Gasteiger partial charge is 0.250 e. The second kappa shape index (κ2) is 12.1. The summed E-state index contributed by atoms with van der Waals surface area (Å²) in [6.07, 6.45) is 1.52. The van der Waals surface area contributed by atoms with Crippen LogP contribution in [-0.4, -0.2) is 58.2 Å². The first-order valence-electron chi connectivity index (χ1n) is 14.1. The van der Waals surface area contributed by atoms with Gasteiger partial charge in [0, 0.05) is 62.8 Å². The Balaban J connectivity index is 1.20. The number of carbonyl (C=O) groups excluding carboxylic acids is 2. The molecule has 5 rings (SSSR count). The number of aromatic hydroxyl groups is 2. The maximum absolute atomic E-state index is 13.0. The first-order chi connectivity index (χ1) is 20.1. The summed E-state index contributed by atoms with van der Waals surface area (Å²) in [6.45, 7) is 3.65. The van der Waals surface area contributed by atoms with Gasteiger partial charge in [-0.05, 0) is 49.4 Å².